The van der Waals surface area contributed by atoms with E-state index in [1.54, 1.807) is 30.4 Å². The van der Waals surface area contributed by atoms with Crippen LogP contribution in [0.4, 0.5) is 4.39 Å². The molecule has 1 aliphatic heterocycles. The maximum Gasteiger partial charge on any atom is 0.331 e. The molecule has 0 radical (unpaired) electrons. The molecule has 8 heteroatoms. The number of halogens is 1. The predicted octanol–water partition coefficient (Wildman–Crippen LogP) is 5.01. The van der Waals surface area contributed by atoms with Gasteiger partial charge in [0.05, 0.1) is 19.0 Å². The van der Waals surface area contributed by atoms with Gasteiger partial charge in [-0.25, -0.2) is 9.78 Å². The zero-order chi connectivity index (χ0) is 25.2. The summed E-state index contributed by atoms with van der Waals surface area (Å²) in [7, 11) is 0. The Morgan fingerprint density at radius 3 is 2.91 bits per heavy atom. The first-order valence-electron chi connectivity index (χ1n) is 11.7. The largest absolute Gasteiger partial charge is 0.493 e. The summed E-state index contributed by atoms with van der Waals surface area (Å²) in [6.07, 6.45) is 12.3. The molecular weight excluding hydrogens is 451 g/mol. The number of carboxylic acids is 1. The Bertz CT molecular complexity index is 1120. The van der Waals surface area contributed by atoms with Crippen LogP contribution >= 0.6 is 0 Å². The summed E-state index contributed by atoms with van der Waals surface area (Å²) in [5.41, 5.74) is 2.22. The van der Waals surface area contributed by atoms with Crippen LogP contribution in [0.5, 0.6) is 5.75 Å². The topological polar surface area (TPSA) is 92.9 Å². The molecule has 0 aliphatic carbocycles. The highest BCUT2D eigenvalue weighted by Gasteiger charge is 2.35. The number of aryl methyl sites for hydroxylation is 1. The summed E-state index contributed by atoms with van der Waals surface area (Å²) < 4.78 is 23.7. The van der Waals surface area contributed by atoms with Gasteiger partial charge in [-0.05, 0) is 62.4 Å². The highest BCUT2D eigenvalue weighted by Crippen LogP contribution is 2.33. The van der Waals surface area contributed by atoms with E-state index >= 15 is 0 Å². The van der Waals surface area contributed by atoms with Gasteiger partial charge in [0.1, 0.15) is 11.5 Å². The number of alkyl halides is 1. The van der Waals surface area contributed by atoms with Gasteiger partial charge in [-0.3, -0.25) is 9.18 Å². The van der Waals surface area contributed by atoms with Gasteiger partial charge < -0.3 is 19.2 Å². The Morgan fingerprint density at radius 2 is 2.17 bits per heavy atom. The van der Waals surface area contributed by atoms with Crippen molar-refractivity contribution in [3.8, 4) is 5.75 Å². The van der Waals surface area contributed by atoms with E-state index in [9.17, 15) is 19.1 Å². The van der Waals surface area contributed by atoms with Crippen LogP contribution in [-0.4, -0.2) is 46.7 Å². The zero-order valence-electron chi connectivity index (χ0n) is 20.1. The Labute approximate surface area is 204 Å². The van der Waals surface area contributed by atoms with Gasteiger partial charge in [0.2, 0.25) is 11.8 Å². The van der Waals surface area contributed by atoms with Crippen LogP contribution in [0, 0.1) is 6.92 Å². The summed E-state index contributed by atoms with van der Waals surface area (Å²) in [6.45, 7) is 3.97. The third kappa shape index (κ3) is 6.91. The number of unbranched alkanes of at least 4 members (excludes halogenated alkanes) is 1. The number of carbonyl (C=O) groups is 2. The number of oxazole rings is 1. The number of aromatic nitrogens is 1. The van der Waals surface area contributed by atoms with Crippen LogP contribution in [0.1, 0.15) is 54.3 Å². The van der Waals surface area contributed by atoms with E-state index < -0.39 is 12.0 Å². The van der Waals surface area contributed by atoms with Crippen molar-refractivity contribution in [3.63, 3.8) is 0 Å². The maximum atomic E-state index is 12.6. The van der Waals surface area contributed by atoms with Gasteiger partial charge in [0, 0.05) is 19.0 Å². The fraction of sp³-hybridized carbons (Fsp3) is 0.370. The normalized spacial score (nSPS) is 15.9. The fourth-order valence-corrected chi connectivity index (χ4v) is 3.93. The molecule has 0 bridgehead atoms. The smallest absolute Gasteiger partial charge is 0.331 e. The number of carbonyl (C=O) groups excluding carboxylic acids is 1. The molecule has 3 rings (SSSR count). The van der Waals surface area contributed by atoms with Crippen molar-refractivity contribution >= 4 is 18.0 Å². The summed E-state index contributed by atoms with van der Waals surface area (Å²) in [5.74, 6) is 0.268. The molecule has 2 heterocycles. The minimum atomic E-state index is -1.08. The monoisotopic (exact) mass is 482 g/mol. The summed E-state index contributed by atoms with van der Waals surface area (Å²) >= 11 is 0. The van der Waals surface area contributed by atoms with E-state index in [1.165, 1.54) is 11.0 Å². The van der Waals surface area contributed by atoms with Gasteiger partial charge in [-0.15, -0.1) is 0 Å². The average Bonchev–Trinajstić information content (AvgIpc) is 3.20. The lowest BCUT2D eigenvalue weighted by molar-refractivity contribution is -0.149. The van der Waals surface area contributed by atoms with Crippen LogP contribution in [0.2, 0.25) is 0 Å². The minimum Gasteiger partial charge on any atom is -0.493 e. The van der Waals surface area contributed by atoms with E-state index in [0.29, 0.717) is 61.8 Å². The highest BCUT2D eigenvalue weighted by molar-refractivity contribution is 5.92. The van der Waals surface area contributed by atoms with E-state index in [2.05, 4.69) is 4.98 Å². The SMILES string of the molecule is C/C=C/C=C/C(=O)N1CCc2ccc(OCCc3nc(/C=C/CCCF)oc3C)cc2C1C(=O)O. The van der Waals surface area contributed by atoms with E-state index in [0.717, 1.165) is 11.3 Å². The van der Waals surface area contributed by atoms with E-state index in [-0.39, 0.29) is 12.6 Å². The number of rotatable bonds is 11. The molecule has 1 aromatic heterocycles. The second kappa shape index (κ2) is 12.7. The number of aliphatic carboxylic acids is 1. The van der Waals surface area contributed by atoms with Crippen molar-refractivity contribution in [2.24, 2.45) is 0 Å². The molecule has 0 spiro atoms. The first-order valence-corrected chi connectivity index (χ1v) is 11.7. The van der Waals surface area contributed by atoms with Gasteiger partial charge in [0.15, 0.2) is 6.04 Å². The second-order valence-corrected chi connectivity index (χ2v) is 8.15. The lowest BCUT2D eigenvalue weighted by Crippen LogP contribution is -2.42. The van der Waals surface area contributed by atoms with Crippen molar-refractivity contribution < 1.29 is 28.2 Å². The van der Waals surface area contributed by atoms with Crippen LogP contribution < -0.4 is 4.74 Å². The molecule has 1 atom stereocenters. The maximum absolute atomic E-state index is 12.6. The van der Waals surface area contributed by atoms with Crippen molar-refractivity contribution in [3.05, 3.63) is 77.1 Å². The van der Waals surface area contributed by atoms with Gasteiger partial charge in [-0.2, -0.15) is 0 Å². The third-order valence-electron chi connectivity index (χ3n) is 5.69. The quantitative estimate of drug-likeness (QED) is 0.275. The summed E-state index contributed by atoms with van der Waals surface area (Å²) in [6, 6.07) is 4.31. The number of amides is 1. The molecule has 186 valence electrons. The average molecular weight is 483 g/mol. The first kappa shape index (κ1) is 25.9. The van der Waals surface area contributed by atoms with Gasteiger partial charge in [0.25, 0.3) is 0 Å². The zero-order valence-corrected chi connectivity index (χ0v) is 20.1. The Kier molecular flexibility index (Phi) is 9.40. The third-order valence-corrected chi connectivity index (χ3v) is 5.69. The summed E-state index contributed by atoms with van der Waals surface area (Å²) in [4.78, 5) is 30.5. The molecule has 35 heavy (non-hydrogen) atoms. The number of carboxylic acid groups (broad SMARTS) is 1. The lowest BCUT2D eigenvalue weighted by Gasteiger charge is -2.34. The molecule has 0 fully saturated rings. The van der Waals surface area contributed by atoms with Crippen LogP contribution in [0.3, 0.4) is 0 Å². The van der Waals surface area contributed by atoms with Gasteiger partial charge in [-0.1, -0.05) is 30.4 Å². The molecule has 1 N–H and O–H groups in total. The van der Waals surface area contributed by atoms with Crippen molar-refractivity contribution in [1.29, 1.82) is 0 Å². The highest BCUT2D eigenvalue weighted by atomic mass is 19.1. The number of allylic oxidation sites excluding steroid dienone is 4. The Hall–Kier alpha value is -3.68. The number of benzene rings is 1. The fourth-order valence-electron chi connectivity index (χ4n) is 3.93. The molecule has 1 aliphatic rings. The van der Waals surface area contributed by atoms with Crippen LogP contribution in [0.15, 0.2) is 53.0 Å². The van der Waals surface area contributed by atoms with E-state index in [1.807, 2.05) is 32.1 Å². The van der Waals surface area contributed by atoms with Crippen molar-refractivity contribution in [2.45, 2.75) is 45.6 Å². The molecule has 0 saturated heterocycles. The minimum absolute atomic E-state index is 0.323. The van der Waals surface area contributed by atoms with Crippen molar-refractivity contribution in [1.82, 2.24) is 9.88 Å². The molecule has 0 saturated carbocycles. The molecule has 1 aromatic carbocycles. The molecule has 2 aromatic rings. The number of nitrogens with zero attached hydrogens (tertiary/aromatic N) is 2. The summed E-state index contributed by atoms with van der Waals surface area (Å²) in [5, 5.41) is 9.90. The number of ether oxygens (including phenoxy) is 1. The van der Waals surface area contributed by atoms with Crippen molar-refractivity contribution in [2.75, 3.05) is 19.8 Å². The molecule has 1 unspecified atom stereocenters. The number of fused-ring (bicyclic) bond motifs is 1. The number of hydrogen-bond acceptors (Lipinski definition) is 5. The second-order valence-electron chi connectivity index (χ2n) is 8.15. The number of hydrogen-bond donors (Lipinski definition) is 1. The Balaban J connectivity index is 1.67. The Morgan fingerprint density at radius 1 is 1.34 bits per heavy atom. The van der Waals surface area contributed by atoms with Crippen LogP contribution in [0.25, 0.3) is 6.08 Å². The predicted molar refractivity (Wildman–Crippen MR) is 131 cm³/mol. The molecular formula is C27H31FN2O5. The van der Waals surface area contributed by atoms with Crippen LogP contribution in [-0.2, 0) is 22.4 Å². The molecule has 1 amide bonds. The van der Waals surface area contributed by atoms with E-state index in [4.69, 9.17) is 9.15 Å². The van der Waals surface area contributed by atoms with Gasteiger partial charge >= 0.3 is 5.97 Å². The first-order chi connectivity index (χ1) is 16.9. The lowest BCUT2D eigenvalue weighted by atomic mass is 9.92. The standard InChI is InChI=1S/C27H31FN2O5/c1-3-4-6-10-25(31)30-16-13-20-11-12-21(18-22(20)26(30)27(32)33)34-17-14-23-19(2)35-24(29-23)9-7-5-8-15-28/h3-4,6-7,9-12,18,26H,5,8,13-17H2,1-2H3,(H,32,33)/b4-3+,9-7+,10-6+. The molecule has 7 nitrogen and oxygen atoms in total.